The van der Waals surface area contributed by atoms with Gasteiger partial charge in [-0.15, -0.1) is 0 Å². The summed E-state index contributed by atoms with van der Waals surface area (Å²) in [6.45, 7) is 3.89. The Bertz CT molecular complexity index is 362. The van der Waals surface area contributed by atoms with Gasteiger partial charge in [0.1, 0.15) is 6.04 Å². The number of rotatable bonds is 3. The molecule has 0 aliphatic rings. The molecule has 0 aliphatic heterocycles. The fraction of sp³-hybridized carbons (Fsp3) is 0.500. The quantitative estimate of drug-likeness (QED) is 0.839. The first kappa shape index (κ1) is 11.2. The third kappa shape index (κ3) is 2.13. The molecule has 1 unspecified atom stereocenters. The molecule has 1 atom stereocenters. The van der Waals surface area contributed by atoms with E-state index in [1.54, 1.807) is 4.68 Å². The lowest BCUT2D eigenvalue weighted by molar-refractivity contribution is -0.138. The van der Waals surface area contributed by atoms with Crippen LogP contribution < -0.4 is 5.73 Å². The van der Waals surface area contributed by atoms with Gasteiger partial charge < -0.3 is 10.8 Å². The summed E-state index contributed by atoms with van der Waals surface area (Å²) in [4.78, 5) is 10.5. The van der Waals surface area contributed by atoms with Crippen molar-refractivity contribution in [1.29, 1.82) is 0 Å². The summed E-state index contributed by atoms with van der Waals surface area (Å²) >= 11 is 3.36. The van der Waals surface area contributed by atoms with Gasteiger partial charge in [0, 0.05) is 5.69 Å². The summed E-state index contributed by atoms with van der Waals surface area (Å²) in [5.41, 5.74) is 7.12. The van der Waals surface area contributed by atoms with E-state index in [4.69, 9.17) is 10.8 Å². The first-order valence-electron chi connectivity index (χ1n) is 4.11. The molecule has 0 amide bonds. The van der Waals surface area contributed by atoms with E-state index in [2.05, 4.69) is 21.0 Å². The van der Waals surface area contributed by atoms with Crippen LogP contribution in [0.3, 0.4) is 0 Å². The molecular formula is C8H12BrN3O2. The first-order chi connectivity index (χ1) is 6.43. The second-order valence-electron chi connectivity index (χ2n) is 3.11. The van der Waals surface area contributed by atoms with Crippen molar-refractivity contribution in [2.75, 3.05) is 0 Å². The molecule has 0 saturated heterocycles. The lowest BCUT2D eigenvalue weighted by Gasteiger charge is -2.07. The lowest BCUT2D eigenvalue weighted by Crippen LogP contribution is -2.35. The van der Waals surface area contributed by atoms with Crippen molar-refractivity contribution in [3.05, 3.63) is 15.9 Å². The third-order valence-corrected chi connectivity index (χ3v) is 3.13. The zero-order valence-corrected chi connectivity index (χ0v) is 9.58. The number of nitrogens with two attached hydrogens (primary N) is 1. The van der Waals surface area contributed by atoms with Gasteiger partial charge in [-0.1, -0.05) is 0 Å². The van der Waals surface area contributed by atoms with Gasteiger partial charge in [0.15, 0.2) is 0 Å². The minimum absolute atomic E-state index is 0.188. The van der Waals surface area contributed by atoms with Crippen molar-refractivity contribution < 1.29 is 9.90 Å². The Labute approximate surface area is 90.0 Å². The van der Waals surface area contributed by atoms with Crippen LogP contribution in [0, 0.1) is 13.8 Å². The highest BCUT2D eigenvalue weighted by molar-refractivity contribution is 9.10. The van der Waals surface area contributed by atoms with Crippen LogP contribution in [-0.2, 0) is 11.3 Å². The summed E-state index contributed by atoms with van der Waals surface area (Å²) in [5.74, 6) is -1.02. The van der Waals surface area contributed by atoms with E-state index in [0.29, 0.717) is 0 Å². The minimum Gasteiger partial charge on any atom is -0.480 e. The van der Waals surface area contributed by atoms with Gasteiger partial charge in [0.05, 0.1) is 16.7 Å². The topological polar surface area (TPSA) is 81.1 Å². The summed E-state index contributed by atoms with van der Waals surface area (Å²) in [7, 11) is 0. The fourth-order valence-corrected chi connectivity index (χ4v) is 1.40. The molecule has 6 heteroatoms. The van der Waals surface area contributed by atoms with Crippen molar-refractivity contribution in [2.45, 2.75) is 26.4 Å². The molecule has 0 fully saturated rings. The Morgan fingerprint density at radius 1 is 1.71 bits per heavy atom. The molecule has 1 aromatic rings. The average Bonchev–Trinajstić information content (AvgIpc) is 2.33. The zero-order valence-electron chi connectivity index (χ0n) is 7.99. The van der Waals surface area contributed by atoms with Crippen molar-refractivity contribution in [3.63, 3.8) is 0 Å². The number of hydrogen-bond donors (Lipinski definition) is 2. The molecule has 0 bridgehead atoms. The molecule has 5 nitrogen and oxygen atoms in total. The number of aromatic nitrogens is 2. The van der Waals surface area contributed by atoms with Crippen LogP contribution in [0.4, 0.5) is 0 Å². The highest BCUT2D eigenvalue weighted by Gasteiger charge is 2.16. The van der Waals surface area contributed by atoms with E-state index in [1.165, 1.54) is 0 Å². The maximum Gasteiger partial charge on any atom is 0.322 e. The number of halogens is 1. The Morgan fingerprint density at radius 2 is 2.29 bits per heavy atom. The molecule has 0 spiro atoms. The number of aryl methyl sites for hydroxylation is 1. The smallest absolute Gasteiger partial charge is 0.322 e. The number of nitrogens with zero attached hydrogens (tertiary/aromatic N) is 2. The van der Waals surface area contributed by atoms with Crippen molar-refractivity contribution in [2.24, 2.45) is 5.73 Å². The number of carboxylic acid groups (broad SMARTS) is 1. The Kier molecular flexibility index (Phi) is 3.28. The second-order valence-corrected chi connectivity index (χ2v) is 3.90. The van der Waals surface area contributed by atoms with E-state index < -0.39 is 12.0 Å². The lowest BCUT2D eigenvalue weighted by atomic mass is 10.3. The molecule has 0 aromatic carbocycles. The zero-order chi connectivity index (χ0) is 10.9. The van der Waals surface area contributed by atoms with Gasteiger partial charge in [0.25, 0.3) is 0 Å². The van der Waals surface area contributed by atoms with E-state index in [9.17, 15) is 4.79 Å². The molecule has 3 N–H and O–H groups in total. The van der Waals surface area contributed by atoms with Crippen LogP contribution in [0.5, 0.6) is 0 Å². The fourth-order valence-electron chi connectivity index (χ4n) is 1.12. The third-order valence-electron chi connectivity index (χ3n) is 1.98. The van der Waals surface area contributed by atoms with E-state index in [-0.39, 0.29) is 6.54 Å². The van der Waals surface area contributed by atoms with Crippen molar-refractivity contribution in [3.8, 4) is 0 Å². The summed E-state index contributed by atoms with van der Waals surface area (Å²) in [6, 6.07) is -0.917. The number of hydrogen-bond acceptors (Lipinski definition) is 3. The standard InChI is InChI=1S/C8H12BrN3O2/c1-4-7(9)5(2)12(11-4)3-6(10)8(13)14/h6H,3,10H2,1-2H3,(H,13,14). The van der Waals surface area contributed by atoms with Gasteiger partial charge in [-0.2, -0.15) is 5.10 Å². The SMILES string of the molecule is Cc1nn(CC(N)C(=O)O)c(C)c1Br. The Hall–Kier alpha value is -0.880. The molecule has 0 saturated carbocycles. The van der Waals surface area contributed by atoms with Crippen LogP contribution in [0.25, 0.3) is 0 Å². The number of carbonyl (C=O) groups is 1. The molecule has 1 heterocycles. The maximum absolute atomic E-state index is 10.5. The van der Waals surface area contributed by atoms with Gasteiger partial charge >= 0.3 is 5.97 Å². The summed E-state index contributed by atoms with van der Waals surface area (Å²) in [6.07, 6.45) is 0. The predicted molar refractivity (Wildman–Crippen MR) is 55.0 cm³/mol. The largest absolute Gasteiger partial charge is 0.480 e. The minimum atomic E-state index is -1.02. The maximum atomic E-state index is 10.5. The molecule has 0 aliphatic carbocycles. The van der Waals surface area contributed by atoms with Crippen LogP contribution >= 0.6 is 15.9 Å². The second kappa shape index (κ2) is 4.10. The average molecular weight is 262 g/mol. The Morgan fingerprint density at radius 3 is 2.64 bits per heavy atom. The van der Waals surface area contributed by atoms with Gasteiger partial charge in [-0.3, -0.25) is 9.48 Å². The van der Waals surface area contributed by atoms with Gasteiger partial charge in [-0.05, 0) is 29.8 Å². The van der Waals surface area contributed by atoms with Crippen LogP contribution in [0.2, 0.25) is 0 Å². The molecular weight excluding hydrogens is 250 g/mol. The number of aliphatic carboxylic acids is 1. The summed E-state index contributed by atoms with van der Waals surface area (Å²) < 4.78 is 2.49. The molecule has 14 heavy (non-hydrogen) atoms. The summed E-state index contributed by atoms with van der Waals surface area (Å²) in [5, 5.41) is 12.8. The van der Waals surface area contributed by atoms with E-state index in [0.717, 1.165) is 15.9 Å². The number of carboxylic acids is 1. The van der Waals surface area contributed by atoms with Crippen molar-refractivity contribution in [1.82, 2.24) is 9.78 Å². The Balaban J connectivity index is 2.87. The van der Waals surface area contributed by atoms with E-state index >= 15 is 0 Å². The first-order valence-corrected chi connectivity index (χ1v) is 4.90. The van der Waals surface area contributed by atoms with E-state index in [1.807, 2.05) is 13.8 Å². The highest BCUT2D eigenvalue weighted by atomic mass is 79.9. The van der Waals surface area contributed by atoms with Gasteiger partial charge in [0.2, 0.25) is 0 Å². The van der Waals surface area contributed by atoms with Crippen LogP contribution in [-0.4, -0.2) is 26.9 Å². The molecule has 1 aromatic heterocycles. The normalized spacial score (nSPS) is 12.9. The van der Waals surface area contributed by atoms with Crippen LogP contribution in [0.15, 0.2) is 4.47 Å². The van der Waals surface area contributed by atoms with Crippen LogP contribution in [0.1, 0.15) is 11.4 Å². The highest BCUT2D eigenvalue weighted by Crippen LogP contribution is 2.19. The molecule has 1 rings (SSSR count). The van der Waals surface area contributed by atoms with Crippen molar-refractivity contribution >= 4 is 21.9 Å². The molecule has 0 radical (unpaired) electrons. The molecule has 78 valence electrons. The monoisotopic (exact) mass is 261 g/mol. The van der Waals surface area contributed by atoms with Gasteiger partial charge in [-0.25, -0.2) is 0 Å². The predicted octanol–water partition coefficient (Wildman–Crippen LogP) is 0.674.